The molecule has 0 bridgehead atoms. The predicted octanol–water partition coefficient (Wildman–Crippen LogP) is 3.45. The Balaban J connectivity index is 0.00000364. The van der Waals surface area contributed by atoms with Crippen LogP contribution in [0.2, 0.25) is 0 Å². The quantitative estimate of drug-likeness (QED) is 0.333. The number of rotatable bonds is 8. The summed E-state index contributed by atoms with van der Waals surface area (Å²) >= 11 is 0. The second-order valence-corrected chi connectivity index (χ2v) is 5.87. The van der Waals surface area contributed by atoms with Gasteiger partial charge in [0.15, 0.2) is 23.3 Å². The van der Waals surface area contributed by atoms with Gasteiger partial charge in [0.05, 0.1) is 13.7 Å². The van der Waals surface area contributed by atoms with E-state index in [0.29, 0.717) is 42.9 Å². The molecule has 150 valence electrons. The molecular weight excluding hydrogens is 461 g/mol. The molecule has 0 aliphatic carbocycles. The number of aromatic nitrogens is 2. The monoisotopic (exact) mass is 489 g/mol. The first-order valence-electron chi connectivity index (χ1n) is 8.68. The minimum Gasteiger partial charge on any atom is -0.493 e. The highest BCUT2D eigenvalue weighted by Gasteiger charge is 2.10. The SMILES string of the molecule is CCOc1cc(NC(=NC)NCCc2nc(C(C)C)no2)ccc1OC.I. The van der Waals surface area contributed by atoms with Gasteiger partial charge in [-0.25, -0.2) is 0 Å². The van der Waals surface area contributed by atoms with Crippen molar-refractivity contribution in [1.29, 1.82) is 0 Å². The number of hydrogen-bond donors (Lipinski definition) is 2. The first kappa shape index (κ1) is 23.0. The highest BCUT2D eigenvalue weighted by molar-refractivity contribution is 14.0. The maximum Gasteiger partial charge on any atom is 0.228 e. The van der Waals surface area contributed by atoms with E-state index < -0.39 is 0 Å². The van der Waals surface area contributed by atoms with E-state index in [-0.39, 0.29) is 29.9 Å². The van der Waals surface area contributed by atoms with Gasteiger partial charge in [0.2, 0.25) is 5.89 Å². The minimum absolute atomic E-state index is 0. The molecule has 27 heavy (non-hydrogen) atoms. The number of nitrogens with zero attached hydrogens (tertiary/aromatic N) is 3. The molecule has 0 fully saturated rings. The maximum absolute atomic E-state index is 5.59. The molecule has 2 N–H and O–H groups in total. The molecule has 0 saturated carbocycles. The van der Waals surface area contributed by atoms with Crippen LogP contribution in [0.25, 0.3) is 0 Å². The molecule has 0 aliphatic heterocycles. The van der Waals surface area contributed by atoms with Crippen LogP contribution in [0.5, 0.6) is 11.5 Å². The number of hydrogen-bond acceptors (Lipinski definition) is 6. The van der Waals surface area contributed by atoms with E-state index in [9.17, 15) is 0 Å². The van der Waals surface area contributed by atoms with Gasteiger partial charge in [-0.05, 0) is 19.1 Å². The van der Waals surface area contributed by atoms with E-state index in [4.69, 9.17) is 14.0 Å². The molecule has 0 atom stereocenters. The van der Waals surface area contributed by atoms with Gasteiger partial charge in [-0.15, -0.1) is 24.0 Å². The summed E-state index contributed by atoms with van der Waals surface area (Å²) in [6, 6.07) is 5.63. The zero-order valence-corrected chi connectivity index (χ0v) is 18.7. The lowest BCUT2D eigenvalue weighted by atomic mass is 10.2. The number of guanidine groups is 1. The Kier molecular flexibility index (Phi) is 9.90. The number of halogens is 1. The van der Waals surface area contributed by atoms with Gasteiger partial charge in [-0.3, -0.25) is 4.99 Å². The second-order valence-electron chi connectivity index (χ2n) is 5.87. The van der Waals surface area contributed by atoms with E-state index in [1.807, 2.05) is 39.0 Å². The summed E-state index contributed by atoms with van der Waals surface area (Å²) in [4.78, 5) is 8.58. The van der Waals surface area contributed by atoms with Crippen molar-refractivity contribution in [3.05, 3.63) is 29.9 Å². The van der Waals surface area contributed by atoms with E-state index in [0.717, 1.165) is 11.5 Å². The summed E-state index contributed by atoms with van der Waals surface area (Å²) in [6.45, 7) is 7.18. The lowest BCUT2D eigenvalue weighted by molar-refractivity contribution is 0.311. The molecule has 2 aromatic rings. The van der Waals surface area contributed by atoms with Gasteiger partial charge in [0.25, 0.3) is 0 Å². The number of aliphatic imine (C=N–C) groups is 1. The number of ether oxygens (including phenoxy) is 2. The Morgan fingerprint density at radius 1 is 1.30 bits per heavy atom. The van der Waals surface area contributed by atoms with Gasteiger partial charge in [0, 0.05) is 37.7 Å². The van der Waals surface area contributed by atoms with Crippen molar-refractivity contribution in [3.63, 3.8) is 0 Å². The van der Waals surface area contributed by atoms with Gasteiger partial charge >= 0.3 is 0 Å². The maximum atomic E-state index is 5.59. The van der Waals surface area contributed by atoms with Crippen LogP contribution >= 0.6 is 24.0 Å². The van der Waals surface area contributed by atoms with Crippen LogP contribution in [-0.4, -0.2) is 43.4 Å². The Morgan fingerprint density at radius 2 is 2.07 bits per heavy atom. The predicted molar refractivity (Wildman–Crippen MR) is 117 cm³/mol. The summed E-state index contributed by atoms with van der Waals surface area (Å²) in [6.07, 6.45) is 0.618. The summed E-state index contributed by atoms with van der Waals surface area (Å²) in [5.74, 6) is 3.61. The standard InChI is InChI=1S/C18H27N5O3.HI/c1-6-25-15-11-13(7-8-14(15)24-5)21-18(19-4)20-10-9-16-22-17(12(2)3)23-26-16;/h7-8,11-12H,6,9-10H2,1-5H3,(H2,19,20,21);1H. The van der Waals surface area contributed by atoms with Crippen molar-refractivity contribution in [2.45, 2.75) is 33.1 Å². The Bertz CT molecular complexity index is 734. The molecule has 8 nitrogen and oxygen atoms in total. The van der Waals surface area contributed by atoms with Crippen molar-refractivity contribution >= 4 is 35.6 Å². The third-order valence-corrected chi connectivity index (χ3v) is 3.58. The molecule has 0 saturated heterocycles. The largest absolute Gasteiger partial charge is 0.493 e. The van der Waals surface area contributed by atoms with Crippen molar-refractivity contribution in [1.82, 2.24) is 15.5 Å². The van der Waals surface area contributed by atoms with Gasteiger partial charge in [-0.2, -0.15) is 4.98 Å². The number of methoxy groups -OCH3 is 1. The van der Waals surface area contributed by atoms with Crippen LogP contribution in [-0.2, 0) is 6.42 Å². The van der Waals surface area contributed by atoms with E-state index in [1.54, 1.807) is 14.2 Å². The van der Waals surface area contributed by atoms with Gasteiger partial charge < -0.3 is 24.6 Å². The smallest absolute Gasteiger partial charge is 0.228 e. The highest BCUT2D eigenvalue weighted by atomic mass is 127. The summed E-state index contributed by atoms with van der Waals surface area (Å²) in [5.41, 5.74) is 0.849. The second kappa shape index (κ2) is 11.6. The normalized spacial score (nSPS) is 11.1. The lowest BCUT2D eigenvalue weighted by Gasteiger charge is -2.14. The third kappa shape index (κ3) is 6.89. The Hall–Kier alpha value is -2.04. The van der Waals surface area contributed by atoms with Crippen LogP contribution in [0.1, 0.15) is 38.4 Å². The van der Waals surface area contributed by atoms with Gasteiger partial charge in [0.1, 0.15) is 0 Å². The first-order valence-corrected chi connectivity index (χ1v) is 8.68. The molecule has 1 aromatic carbocycles. The Labute approximate surface area is 177 Å². The summed E-state index contributed by atoms with van der Waals surface area (Å²) in [7, 11) is 3.33. The molecule has 1 aromatic heterocycles. The molecule has 0 spiro atoms. The molecule has 0 radical (unpaired) electrons. The van der Waals surface area contributed by atoms with E-state index >= 15 is 0 Å². The minimum atomic E-state index is 0. The van der Waals surface area contributed by atoms with Crippen molar-refractivity contribution in [2.24, 2.45) is 4.99 Å². The molecule has 2 rings (SSSR count). The average molecular weight is 489 g/mol. The van der Waals surface area contributed by atoms with E-state index in [2.05, 4.69) is 25.8 Å². The van der Waals surface area contributed by atoms with Crippen LogP contribution < -0.4 is 20.1 Å². The van der Waals surface area contributed by atoms with Gasteiger partial charge in [-0.1, -0.05) is 19.0 Å². The van der Waals surface area contributed by atoms with Crippen LogP contribution in [0.15, 0.2) is 27.7 Å². The third-order valence-electron chi connectivity index (χ3n) is 3.58. The molecule has 0 aliphatic rings. The number of anilines is 1. The van der Waals surface area contributed by atoms with Crippen LogP contribution in [0.3, 0.4) is 0 Å². The topological polar surface area (TPSA) is 93.8 Å². The average Bonchev–Trinajstić information content (AvgIpc) is 3.10. The lowest BCUT2D eigenvalue weighted by Crippen LogP contribution is -2.32. The highest BCUT2D eigenvalue weighted by Crippen LogP contribution is 2.30. The summed E-state index contributed by atoms with van der Waals surface area (Å²) in [5, 5.41) is 10.4. The van der Waals surface area contributed by atoms with E-state index in [1.165, 1.54) is 0 Å². The fraction of sp³-hybridized carbons (Fsp3) is 0.500. The zero-order chi connectivity index (χ0) is 18.9. The Morgan fingerprint density at radius 3 is 2.67 bits per heavy atom. The van der Waals surface area contributed by atoms with Crippen LogP contribution in [0.4, 0.5) is 5.69 Å². The summed E-state index contributed by atoms with van der Waals surface area (Å²) < 4.78 is 16.1. The molecule has 0 unspecified atom stereocenters. The molecule has 9 heteroatoms. The van der Waals surface area contributed by atoms with Crippen molar-refractivity contribution in [2.75, 3.05) is 32.6 Å². The zero-order valence-electron chi connectivity index (χ0n) is 16.4. The first-order chi connectivity index (χ1) is 12.6. The van der Waals surface area contributed by atoms with Crippen molar-refractivity contribution < 1.29 is 14.0 Å². The van der Waals surface area contributed by atoms with Crippen molar-refractivity contribution in [3.8, 4) is 11.5 Å². The molecular formula is C18H28IN5O3. The fourth-order valence-corrected chi connectivity index (χ4v) is 2.23. The fourth-order valence-electron chi connectivity index (χ4n) is 2.23. The van der Waals surface area contributed by atoms with Crippen LogP contribution in [0, 0.1) is 0 Å². The molecule has 0 amide bonds. The molecule has 1 heterocycles. The number of nitrogens with one attached hydrogen (secondary N) is 2. The number of benzene rings is 1.